The van der Waals surface area contributed by atoms with E-state index in [-0.39, 0.29) is 5.92 Å². The molecule has 58 valence electrons. The minimum absolute atomic E-state index is 0.184. The number of carboxylic acids is 1. The summed E-state index contributed by atoms with van der Waals surface area (Å²) < 4.78 is 17.3. The van der Waals surface area contributed by atoms with Crippen LogP contribution < -0.4 is 0 Å². The van der Waals surface area contributed by atoms with E-state index in [9.17, 15) is 9.18 Å². The van der Waals surface area contributed by atoms with E-state index < -0.39 is 18.6 Å². The molecule has 0 aromatic carbocycles. The van der Waals surface area contributed by atoms with Gasteiger partial charge in [-0.3, -0.25) is 4.79 Å². The number of ether oxygens (including phenoxy) is 1. The van der Waals surface area contributed by atoms with Crippen molar-refractivity contribution in [2.24, 2.45) is 5.92 Å². The van der Waals surface area contributed by atoms with Crippen LogP contribution in [0.3, 0.4) is 0 Å². The molecule has 10 heavy (non-hydrogen) atoms. The van der Waals surface area contributed by atoms with Crippen LogP contribution in [0.1, 0.15) is 6.42 Å². The van der Waals surface area contributed by atoms with Crippen LogP contribution >= 0.6 is 0 Å². The third-order valence-corrected chi connectivity index (χ3v) is 1.54. The number of hydrogen-bond donors (Lipinski definition) is 1. The second-order valence-corrected chi connectivity index (χ2v) is 2.41. The summed E-state index contributed by atoms with van der Waals surface area (Å²) in [5, 5.41) is 8.17. The van der Waals surface area contributed by atoms with Gasteiger partial charge in [-0.25, -0.2) is 4.39 Å². The van der Waals surface area contributed by atoms with Crippen LogP contribution in [-0.4, -0.2) is 30.5 Å². The number of hydrogen-bond acceptors (Lipinski definition) is 2. The maximum atomic E-state index is 12.6. The van der Waals surface area contributed by atoms with Gasteiger partial charge in [-0.05, 0) is 0 Å². The first-order chi connectivity index (χ1) is 4.70. The molecule has 0 aliphatic carbocycles. The molecule has 1 atom stereocenters. The third-order valence-electron chi connectivity index (χ3n) is 1.54. The van der Waals surface area contributed by atoms with Crippen LogP contribution in [0, 0.1) is 5.92 Å². The molecule has 0 saturated carbocycles. The van der Waals surface area contributed by atoms with E-state index in [2.05, 4.69) is 0 Å². The number of carboxylic acid groups (broad SMARTS) is 1. The number of rotatable bonds is 3. The number of carbonyl (C=O) groups is 1. The van der Waals surface area contributed by atoms with Crippen molar-refractivity contribution < 1.29 is 19.0 Å². The van der Waals surface area contributed by atoms with Gasteiger partial charge < -0.3 is 9.84 Å². The van der Waals surface area contributed by atoms with Gasteiger partial charge >= 0.3 is 5.97 Å². The lowest BCUT2D eigenvalue weighted by atomic mass is 10.00. The molecule has 3 nitrogen and oxygen atoms in total. The SMILES string of the molecule is O=C(O)CC(F)C1COC1. The molecule has 1 fully saturated rings. The lowest BCUT2D eigenvalue weighted by molar-refractivity contribution is -0.141. The molecule has 1 N–H and O–H groups in total. The highest BCUT2D eigenvalue weighted by Crippen LogP contribution is 2.19. The summed E-state index contributed by atoms with van der Waals surface area (Å²) in [6.45, 7) is 0.739. The molecule has 1 unspecified atom stereocenters. The van der Waals surface area contributed by atoms with Crippen molar-refractivity contribution in [1.82, 2.24) is 0 Å². The van der Waals surface area contributed by atoms with E-state index in [1.165, 1.54) is 0 Å². The van der Waals surface area contributed by atoms with E-state index in [4.69, 9.17) is 9.84 Å². The maximum absolute atomic E-state index is 12.6. The van der Waals surface area contributed by atoms with E-state index in [1.54, 1.807) is 0 Å². The molecule has 1 heterocycles. The van der Waals surface area contributed by atoms with Crippen LogP contribution in [0.15, 0.2) is 0 Å². The largest absolute Gasteiger partial charge is 0.481 e. The number of halogens is 1. The monoisotopic (exact) mass is 148 g/mol. The predicted molar refractivity (Wildman–Crippen MR) is 31.5 cm³/mol. The number of aliphatic carboxylic acids is 1. The van der Waals surface area contributed by atoms with Crippen molar-refractivity contribution >= 4 is 5.97 Å². The number of alkyl halides is 1. The molecular formula is C6H9FO3. The molecule has 1 aliphatic rings. The van der Waals surface area contributed by atoms with Crippen LogP contribution in [0.2, 0.25) is 0 Å². The van der Waals surface area contributed by atoms with E-state index in [1.807, 2.05) is 0 Å². The van der Waals surface area contributed by atoms with Gasteiger partial charge in [0.2, 0.25) is 0 Å². The highest BCUT2D eigenvalue weighted by molar-refractivity contribution is 5.67. The molecule has 0 bridgehead atoms. The smallest absolute Gasteiger partial charge is 0.306 e. The van der Waals surface area contributed by atoms with E-state index in [0.29, 0.717) is 13.2 Å². The van der Waals surface area contributed by atoms with Gasteiger partial charge in [0.15, 0.2) is 0 Å². The Bertz CT molecular complexity index is 133. The Kier molecular flexibility index (Phi) is 2.21. The summed E-state index contributed by atoms with van der Waals surface area (Å²) >= 11 is 0. The molecular weight excluding hydrogens is 139 g/mol. The highest BCUT2D eigenvalue weighted by Gasteiger charge is 2.29. The molecule has 1 aliphatic heterocycles. The van der Waals surface area contributed by atoms with Gasteiger partial charge in [0, 0.05) is 5.92 Å². The van der Waals surface area contributed by atoms with Gasteiger partial charge in [0.25, 0.3) is 0 Å². The van der Waals surface area contributed by atoms with Crippen LogP contribution in [0.4, 0.5) is 4.39 Å². The van der Waals surface area contributed by atoms with Crippen molar-refractivity contribution in [3.05, 3.63) is 0 Å². The summed E-state index contributed by atoms with van der Waals surface area (Å²) in [4.78, 5) is 9.97. The van der Waals surface area contributed by atoms with Crippen LogP contribution in [0.5, 0.6) is 0 Å². The fourth-order valence-electron chi connectivity index (χ4n) is 0.796. The lowest BCUT2D eigenvalue weighted by Gasteiger charge is -2.27. The molecule has 0 amide bonds. The van der Waals surface area contributed by atoms with Crippen molar-refractivity contribution in [3.63, 3.8) is 0 Å². The van der Waals surface area contributed by atoms with Gasteiger partial charge in [-0.1, -0.05) is 0 Å². The molecule has 1 rings (SSSR count). The van der Waals surface area contributed by atoms with E-state index >= 15 is 0 Å². The standard InChI is InChI=1S/C6H9FO3/c7-5(1-6(8)9)4-2-10-3-4/h4-5H,1-3H2,(H,8,9). The minimum Gasteiger partial charge on any atom is -0.481 e. The summed E-state index contributed by atoms with van der Waals surface area (Å²) in [5.41, 5.74) is 0. The fourth-order valence-corrected chi connectivity index (χ4v) is 0.796. The Morgan fingerprint density at radius 2 is 2.40 bits per heavy atom. The lowest BCUT2D eigenvalue weighted by Crippen LogP contribution is -2.36. The third kappa shape index (κ3) is 1.67. The second kappa shape index (κ2) is 2.96. The quantitative estimate of drug-likeness (QED) is 0.631. The molecule has 1 saturated heterocycles. The first-order valence-electron chi connectivity index (χ1n) is 3.13. The first kappa shape index (κ1) is 7.47. The van der Waals surface area contributed by atoms with Crippen LogP contribution in [-0.2, 0) is 9.53 Å². The van der Waals surface area contributed by atoms with Crippen molar-refractivity contribution in [1.29, 1.82) is 0 Å². The average molecular weight is 148 g/mol. The van der Waals surface area contributed by atoms with Crippen molar-refractivity contribution in [2.45, 2.75) is 12.6 Å². The summed E-state index contributed by atoms with van der Waals surface area (Å²) in [6, 6.07) is 0. The molecule has 4 heteroatoms. The van der Waals surface area contributed by atoms with Gasteiger partial charge in [-0.15, -0.1) is 0 Å². The Balaban J connectivity index is 2.19. The van der Waals surface area contributed by atoms with Gasteiger partial charge in [0.1, 0.15) is 6.17 Å². The Hall–Kier alpha value is -0.640. The van der Waals surface area contributed by atoms with Gasteiger partial charge in [-0.2, -0.15) is 0 Å². The zero-order valence-electron chi connectivity index (χ0n) is 5.42. The summed E-state index contributed by atoms with van der Waals surface area (Å²) in [6.07, 6.45) is -1.63. The maximum Gasteiger partial charge on any atom is 0.306 e. The average Bonchev–Trinajstić information content (AvgIpc) is 1.55. The first-order valence-corrected chi connectivity index (χ1v) is 3.13. The normalized spacial score (nSPS) is 21.7. The molecule has 0 aromatic rings. The second-order valence-electron chi connectivity index (χ2n) is 2.41. The summed E-state index contributed by atoms with van der Waals surface area (Å²) in [7, 11) is 0. The zero-order chi connectivity index (χ0) is 7.56. The van der Waals surface area contributed by atoms with Crippen molar-refractivity contribution in [2.75, 3.05) is 13.2 Å². The molecule has 0 spiro atoms. The Labute approximate surface area is 57.8 Å². The molecule has 0 aromatic heterocycles. The highest BCUT2D eigenvalue weighted by atomic mass is 19.1. The Morgan fingerprint density at radius 1 is 1.80 bits per heavy atom. The van der Waals surface area contributed by atoms with Crippen LogP contribution in [0.25, 0.3) is 0 Å². The topological polar surface area (TPSA) is 46.5 Å². The van der Waals surface area contributed by atoms with Crippen molar-refractivity contribution in [3.8, 4) is 0 Å². The molecule has 0 radical (unpaired) electrons. The summed E-state index contributed by atoms with van der Waals surface area (Å²) in [5.74, 6) is -1.27. The minimum atomic E-state index is -1.23. The fraction of sp³-hybridized carbons (Fsp3) is 0.833. The van der Waals surface area contributed by atoms with E-state index in [0.717, 1.165) is 0 Å². The zero-order valence-corrected chi connectivity index (χ0v) is 5.42. The predicted octanol–water partition coefficient (Wildman–Crippen LogP) is 0.446. The van der Waals surface area contributed by atoms with Gasteiger partial charge in [0.05, 0.1) is 19.6 Å². The Morgan fingerprint density at radius 3 is 2.70 bits per heavy atom.